The number of anilines is 2. The molecule has 1 amide bonds. The molecule has 0 saturated carbocycles. The fourth-order valence-corrected chi connectivity index (χ4v) is 4.16. The van der Waals surface area contributed by atoms with Crippen LogP contribution in [0.5, 0.6) is 0 Å². The lowest BCUT2D eigenvalue weighted by atomic mass is 10.1. The van der Waals surface area contributed by atoms with Gasteiger partial charge in [-0.05, 0) is 54.8 Å². The monoisotopic (exact) mass is 416 g/mol. The lowest BCUT2D eigenvalue weighted by molar-refractivity contribution is -0.127. The number of aromatic nitrogens is 2. The minimum Gasteiger partial charge on any atom is -0.341 e. The van der Waals surface area contributed by atoms with Gasteiger partial charge >= 0.3 is 0 Å². The van der Waals surface area contributed by atoms with Crippen molar-refractivity contribution in [3.8, 4) is 0 Å². The lowest BCUT2D eigenvalue weighted by Crippen LogP contribution is -2.27. The Morgan fingerprint density at radius 3 is 2.61 bits per heavy atom. The molecule has 5 nitrogen and oxygen atoms in total. The van der Waals surface area contributed by atoms with Gasteiger partial charge in [-0.3, -0.25) is 4.79 Å². The Labute approximate surface area is 172 Å². The predicted molar refractivity (Wildman–Crippen MR) is 113 cm³/mol. The van der Waals surface area contributed by atoms with E-state index >= 15 is 0 Å². The standard InChI is InChI=1S/C20H21FN4OS2/c1-13-4-9-17(10-14(13)2)22-19-23-24-20(28-19)27-12-18(26)25(3)11-15-5-7-16(21)8-6-15/h4-10H,11-12H2,1-3H3,(H,22,23). The van der Waals surface area contributed by atoms with Crippen molar-refractivity contribution in [3.63, 3.8) is 0 Å². The SMILES string of the molecule is Cc1ccc(Nc2nnc(SCC(=O)N(C)Cc3ccc(F)cc3)s2)cc1C. The summed E-state index contributed by atoms with van der Waals surface area (Å²) in [6.07, 6.45) is 0. The Hall–Kier alpha value is -2.45. The molecule has 0 aliphatic carbocycles. The molecule has 2 aromatic carbocycles. The van der Waals surface area contributed by atoms with E-state index in [2.05, 4.69) is 41.5 Å². The molecule has 146 valence electrons. The summed E-state index contributed by atoms with van der Waals surface area (Å²) in [4.78, 5) is 13.9. The first-order valence-corrected chi connectivity index (χ1v) is 10.5. The summed E-state index contributed by atoms with van der Waals surface area (Å²) in [5.41, 5.74) is 4.30. The molecule has 0 aliphatic heterocycles. The highest BCUT2D eigenvalue weighted by molar-refractivity contribution is 8.01. The Morgan fingerprint density at radius 2 is 1.89 bits per heavy atom. The molecule has 28 heavy (non-hydrogen) atoms. The maximum atomic E-state index is 13.0. The second-order valence-electron chi connectivity index (χ2n) is 6.46. The minimum atomic E-state index is -0.283. The van der Waals surface area contributed by atoms with Gasteiger partial charge in [0.2, 0.25) is 11.0 Å². The average Bonchev–Trinajstić information content (AvgIpc) is 3.12. The van der Waals surface area contributed by atoms with Gasteiger partial charge in [0, 0.05) is 19.3 Å². The molecule has 3 aromatic rings. The van der Waals surface area contributed by atoms with Crippen molar-refractivity contribution in [2.24, 2.45) is 0 Å². The first kappa shape index (κ1) is 20.3. The largest absolute Gasteiger partial charge is 0.341 e. The highest BCUT2D eigenvalue weighted by Crippen LogP contribution is 2.28. The van der Waals surface area contributed by atoms with Gasteiger partial charge in [0.1, 0.15) is 5.82 Å². The lowest BCUT2D eigenvalue weighted by Gasteiger charge is -2.16. The van der Waals surface area contributed by atoms with Crippen molar-refractivity contribution < 1.29 is 9.18 Å². The molecular weight excluding hydrogens is 395 g/mol. The molecule has 0 bridgehead atoms. The number of rotatable bonds is 7. The summed E-state index contributed by atoms with van der Waals surface area (Å²) in [6.45, 7) is 4.58. The number of aryl methyl sites for hydroxylation is 2. The number of nitrogens with one attached hydrogen (secondary N) is 1. The Morgan fingerprint density at radius 1 is 1.14 bits per heavy atom. The van der Waals surface area contributed by atoms with Crippen LogP contribution in [0.2, 0.25) is 0 Å². The van der Waals surface area contributed by atoms with Crippen LogP contribution < -0.4 is 5.32 Å². The number of hydrogen-bond donors (Lipinski definition) is 1. The fourth-order valence-electron chi connectivity index (χ4n) is 2.45. The number of carbonyl (C=O) groups excluding carboxylic acids is 1. The van der Waals surface area contributed by atoms with Gasteiger partial charge in [-0.25, -0.2) is 4.39 Å². The molecule has 0 unspecified atom stereocenters. The molecule has 0 saturated heterocycles. The molecular formula is C20H21FN4OS2. The highest BCUT2D eigenvalue weighted by Gasteiger charge is 2.13. The van der Waals surface area contributed by atoms with Crippen LogP contribution in [0.15, 0.2) is 46.8 Å². The van der Waals surface area contributed by atoms with E-state index in [0.29, 0.717) is 11.7 Å². The van der Waals surface area contributed by atoms with Crippen LogP contribution >= 0.6 is 23.1 Å². The molecule has 0 fully saturated rings. The zero-order chi connectivity index (χ0) is 20.1. The smallest absolute Gasteiger partial charge is 0.233 e. The van der Waals surface area contributed by atoms with E-state index in [1.54, 1.807) is 24.1 Å². The van der Waals surface area contributed by atoms with Crippen LogP contribution in [0.4, 0.5) is 15.2 Å². The van der Waals surface area contributed by atoms with Crippen molar-refractivity contribution in [1.82, 2.24) is 15.1 Å². The molecule has 1 N–H and O–H groups in total. The van der Waals surface area contributed by atoms with Crippen LogP contribution in [0.1, 0.15) is 16.7 Å². The van der Waals surface area contributed by atoms with Gasteiger partial charge in [-0.2, -0.15) is 0 Å². The molecule has 3 rings (SSSR count). The molecule has 0 radical (unpaired) electrons. The van der Waals surface area contributed by atoms with Crippen molar-refractivity contribution in [2.75, 3.05) is 18.1 Å². The summed E-state index contributed by atoms with van der Waals surface area (Å²) in [6, 6.07) is 12.3. The van der Waals surface area contributed by atoms with Crippen LogP contribution in [0.3, 0.4) is 0 Å². The molecule has 1 heterocycles. The third-order valence-electron chi connectivity index (χ3n) is 4.24. The van der Waals surface area contributed by atoms with Crippen LogP contribution in [0, 0.1) is 19.7 Å². The number of nitrogens with zero attached hydrogens (tertiary/aromatic N) is 3. The summed E-state index contributed by atoms with van der Waals surface area (Å²) in [5.74, 6) is -0.0290. The average molecular weight is 417 g/mol. The van der Waals surface area contributed by atoms with E-state index in [9.17, 15) is 9.18 Å². The third kappa shape index (κ3) is 5.53. The normalized spacial score (nSPS) is 10.7. The van der Waals surface area contributed by atoms with Gasteiger partial charge in [0.05, 0.1) is 5.75 Å². The van der Waals surface area contributed by atoms with Crippen molar-refractivity contribution in [2.45, 2.75) is 24.7 Å². The number of amides is 1. The summed E-state index contributed by atoms with van der Waals surface area (Å²) < 4.78 is 13.7. The van der Waals surface area contributed by atoms with Gasteiger partial charge in [0.15, 0.2) is 4.34 Å². The predicted octanol–water partition coefficient (Wildman–Crippen LogP) is 4.79. The van der Waals surface area contributed by atoms with Crippen molar-refractivity contribution in [3.05, 3.63) is 65.0 Å². The topological polar surface area (TPSA) is 58.1 Å². The third-order valence-corrected chi connectivity index (χ3v) is 6.20. The first-order chi connectivity index (χ1) is 13.4. The second-order valence-corrected chi connectivity index (χ2v) is 8.66. The van der Waals surface area contributed by atoms with Gasteiger partial charge in [0.25, 0.3) is 0 Å². The van der Waals surface area contributed by atoms with E-state index in [0.717, 1.165) is 15.6 Å². The maximum Gasteiger partial charge on any atom is 0.233 e. The highest BCUT2D eigenvalue weighted by atomic mass is 32.2. The molecule has 0 aliphatic rings. The maximum absolute atomic E-state index is 13.0. The number of halogens is 1. The number of thioether (sulfide) groups is 1. The molecule has 0 atom stereocenters. The summed E-state index contributed by atoms with van der Waals surface area (Å²) in [7, 11) is 1.74. The van der Waals surface area contributed by atoms with Crippen molar-refractivity contribution >= 4 is 39.8 Å². The van der Waals surface area contributed by atoms with E-state index < -0.39 is 0 Å². The molecule has 8 heteroatoms. The van der Waals surface area contributed by atoms with Crippen LogP contribution in [0.25, 0.3) is 0 Å². The second kappa shape index (κ2) is 9.16. The summed E-state index contributed by atoms with van der Waals surface area (Å²) in [5, 5.41) is 12.2. The quantitative estimate of drug-likeness (QED) is 0.561. The van der Waals surface area contributed by atoms with E-state index in [-0.39, 0.29) is 17.5 Å². The Bertz CT molecular complexity index is 959. The van der Waals surface area contributed by atoms with Gasteiger partial charge in [-0.15, -0.1) is 10.2 Å². The first-order valence-electron chi connectivity index (χ1n) is 8.69. The zero-order valence-electron chi connectivity index (χ0n) is 15.9. The summed E-state index contributed by atoms with van der Waals surface area (Å²) >= 11 is 2.77. The number of carbonyl (C=O) groups is 1. The zero-order valence-corrected chi connectivity index (χ0v) is 17.5. The van der Waals surface area contributed by atoms with Gasteiger partial charge < -0.3 is 10.2 Å². The fraction of sp³-hybridized carbons (Fsp3) is 0.250. The Kier molecular flexibility index (Phi) is 6.64. The van der Waals surface area contributed by atoms with Crippen LogP contribution in [-0.2, 0) is 11.3 Å². The van der Waals surface area contributed by atoms with Crippen molar-refractivity contribution in [1.29, 1.82) is 0 Å². The van der Waals surface area contributed by atoms with E-state index in [1.807, 2.05) is 6.07 Å². The minimum absolute atomic E-state index is 0.0202. The number of hydrogen-bond acceptors (Lipinski definition) is 6. The molecule has 0 spiro atoms. The van der Waals surface area contributed by atoms with Crippen LogP contribution in [-0.4, -0.2) is 33.8 Å². The molecule has 1 aromatic heterocycles. The Balaban J connectivity index is 1.51. The van der Waals surface area contributed by atoms with E-state index in [4.69, 9.17) is 0 Å². The number of benzene rings is 2. The van der Waals surface area contributed by atoms with E-state index in [1.165, 1.54) is 46.4 Å². The van der Waals surface area contributed by atoms with Gasteiger partial charge in [-0.1, -0.05) is 41.3 Å².